The molecular weight excluding hydrogens is 536 g/mol. The summed E-state index contributed by atoms with van der Waals surface area (Å²) in [5.41, 5.74) is 0. The van der Waals surface area contributed by atoms with E-state index in [0.29, 0.717) is 0 Å². The van der Waals surface area contributed by atoms with Crippen LogP contribution in [-0.4, -0.2) is 96.6 Å². The van der Waals surface area contributed by atoms with Gasteiger partial charge in [-0.1, -0.05) is 0 Å². The van der Waals surface area contributed by atoms with Gasteiger partial charge in [0, 0.05) is 38.9 Å². The summed E-state index contributed by atoms with van der Waals surface area (Å²) in [6.07, 6.45) is -28.5. The molecule has 3 amide bonds. The Balaban J connectivity index is 1.83. The molecule has 0 radical (unpaired) electrons. The lowest BCUT2D eigenvalue weighted by Gasteiger charge is -2.34. The zero-order chi connectivity index (χ0) is 27.8. The molecule has 3 heterocycles. The topological polar surface area (TPSA) is 88.6 Å². The van der Waals surface area contributed by atoms with Crippen LogP contribution in [0.2, 0.25) is 0 Å². The Bertz CT molecular complexity index is 779. The third kappa shape index (κ3) is 6.42. The van der Waals surface area contributed by atoms with Gasteiger partial charge in [-0.3, -0.25) is 14.4 Å². The van der Waals surface area contributed by atoms with Crippen molar-refractivity contribution < 1.29 is 67.9 Å². The lowest BCUT2D eigenvalue weighted by molar-refractivity contribution is -0.328. The van der Waals surface area contributed by atoms with Gasteiger partial charge in [0.25, 0.3) is 18.9 Å². The summed E-state index contributed by atoms with van der Waals surface area (Å²) in [6, 6.07) is 0. The first-order chi connectivity index (χ1) is 17.1. The minimum Gasteiger partial charge on any atom is -0.323 e. The fraction of sp³-hybridized carbons (Fsp3) is 0.833. The molecule has 3 rings (SSSR count). The van der Waals surface area contributed by atoms with Gasteiger partial charge in [-0.25, -0.2) is 13.2 Å². The number of hydrogen-bond acceptors (Lipinski definition) is 6. The molecule has 3 saturated heterocycles. The second-order valence-corrected chi connectivity index (χ2v) is 8.41. The molecule has 210 valence electrons. The van der Waals surface area contributed by atoms with Crippen LogP contribution in [-0.2, 0) is 28.3 Å². The number of halogens is 9. The number of rotatable bonds is 12. The normalized spacial score (nSPS) is 22.3. The Morgan fingerprint density at radius 3 is 1.00 bits per heavy atom. The highest BCUT2D eigenvalue weighted by molar-refractivity contribution is 6.36. The second kappa shape index (κ2) is 10.8. The Kier molecular flexibility index (Phi) is 8.58. The summed E-state index contributed by atoms with van der Waals surface area (Å²) < 4.78 is 140. The summed E-state index contributed by atoms with van der Waals surface area (Å²) in [7, 11) is -4.05. The van der Waals surface area contributed by atoms with E-state index in [1.807, 2.05) is 0 Å². The van der Waals surface area contributed by atoms with Crippen LogP contribution in [0.5, 0.6) is 0 Å². The van der Waals surface area contributed by atoms with Crippen molar-refractivity contribution in [3.05, 3.63) is 0 Å². The molecule has 3 aliphatic heterocycles. The molecule has 3 fully saturated rings. The fourth-order valence-electron chi connectivity index (χ4n) is 3.90. The average Bonchev–Trinajstić information content (AvgIpc) is 3.52. The molecule has 0 aromatic carbocycles. The number of alkyl halides is 9. The predicted molar refractivity (Wildman–Crippen MR) is 101 cm³/mol. The van der Waals surface area contributed by atoms with E-state index in [0.717, 1.165) is 0 Å². The zero-order valence-electron chi connectivity index (χ0n) is 18.9. The highest BCUT2D eigenvalue weighted by Gasteiger charge is 2.61. The van der Waals surface area contributed by atoms with Crippen molar-refractivity contribution in [2.24, 2.45) is 0 Å². The van der Waals surface area contributed by atoms with E-state index in [9.17, 15) is 53.9 Å². The van der Waals surface area contributed by atoms with E-state index in [1.165, 1.54) is 0 Å². The molecule has 37 heavy (non-hydrogen) atoms. The summed E-state index contributed by atoms with van der Waals surface area (Å²) in [6.45, 7) is -1.69. The van der Waals surface area contributed by atoms with Gasteiger partial charge in [-0.05, 0) is 19.3 Å². The summed E-state index contributed by atoms with van der Waals surface area (Å²) in [5, 5.41) is 0. The molecule has 0 N–H and O–H groups in total. The van der Waals surface area contributed by atoms with Gasteiger partial charge in [-0.2, -0.15) is 26.3 Å². The van der Waals surface area contributed by atoms with Crippen molar-refractivity contribution in [2.75, 3.05) is 19.6 Å². The third-order valence-corrected chi connectivity index (χ3v) is 5.74. The molecule has 0 aromatic rings. The summed E-state index contributed by atoms with van der Waals surface area (Å²) in [4.78, 5) is 34.5. The zero-order valence-corrected chi connectivity index (χ0v) is 18.9. The van der Waals surface area contributed by atoms with Gasteiger partial charge < -0.3 is 28.7 Å². The smallest absolute Gasteiger partial charge is 0.323 e. The monoisotopic (exact) mass is 557 g/mol. The first kappa shape index (κ1) is 29.3. The molecular formula is C18H21BF9N3O6. The molecule has 3 atom stereocenters. The first-order valence-corrected chi connectivity index (χ1v) is 11.0. The van der Waals surface area contributed by atoms with Crippen LogP contribution in [0.1, 0.15) is 38.5 Å². The summed E-state index contributed by atoms with van der Waals surface area (Å²) >= 11 is 0. The molecule has 3 aliphatic rings. The average molecular weight is 557 g/mol. The highest BCUT2D eigenvalue weighted by atomic mass is 19.3. The van der Waals surface area contributed by atoms with Gasteiger partial charge in [0.05, 0.1) is 0 Å². The summed E-state index contributed by atoms with van der Waals surface area (Å²) in [5.74, 6) is -3.42. The number of hydrogen-bond donors (Lipinski definition) is 0. The standard InChI is InChI=1S/C18H21BF9N3O6/c20-13(29-7-1-4-10(29)32)16(23,24)35-19(36-17(25,26)14(21)30-8-2-5-11(30)33)37-18(27,28)15(22)31-9-3-6-12(31)34/h13-15H,1-9H2. The Hall–Kier alpha value is -2.28. The molecule has 9 nitrogen and oxygen atoms in total. The highest BCUT2D eigenvalue weighted by Crippen LogP contribution is 2.37. The molecule has 19 heteroatoms. The van der Waals surface area contributed by atoms with Crippen molar-refractivity contribution in [1.82, 2.24) is 14.7 Å². The Morgan fingerprint density at radius 1 is 0.568 bits per heavy atom. The van der Waals surface area contributed by atoms with Crippen LogP contribution in [0.4, 0.5) is 39.5 Å². The molecule has 0 spiro atoms. The van der Waals surface area contributed by atoms with Crippen LogP contribution < -0.4 is 0 Å². The minimum atomic E-state index is -5.36. The minimum absolute atomic E-state index is 0.0668. The quantitative estimate of drug-likeness (QED) is 0.208. The van der Waals surface area contributed by atoms with Crippen molar-refractivity contribution >= 4 is 25.0 Å². The van der Waals surface area contributed by atoms with E-state index in [-0.39, 0.29) is 53.2 Å². The lowest BCUT2D eigenvalue weighted by Crippen LogP contribution is -2.57. The predicted octanol–water partition coefficient (Wildman–Crippen LogP) is 2.55. The number of nitrogens with zero attached hydrogens (tertiary/aromatic N) is 3. The SMILES string of the molecule is O=C1CCCN1C(F)C(F)(F)OB(OC(F)(F)C(F)N1CCCC1=O)OC(F)(F)C(F)N1CCCC1=O. The van der Waals surface area contributed by atoms with Crippen LogP contribution in [0.25, 0.3) is 0 Å². The first-order valence-electron chi connectivity index (χ1n) is 11.0. The van der Waals surface area contributed by atoms with Gasteiger partial charge >= 0.3 is 25.6 Å². The van der Waals surface area contributed by atoms with Gasteiger partial charge in [-0.15, -0.1) is 0 Å². The maximum absolute atomic E-state index is 14.4. The van der Waals surface area contributed by atoms with Crippen LogP contribution in [0.15, 0.2) is 0 Å². The van der Waals surface area contributed by atoms with E-state index < -0.39 is 81.9 Å². The number of amides is 3. The molecule has 3 unspecified atom stereocenters. The van der Waals surface area contributed by atoms with E-state index in [4.69, 9.17) is 0 Å². The number of carbonyl (C=O) groups is 3. The largest absolute Gasteiger partial charge is 0.652 e. The Labute approximate surface area is 203 Å². The molecule has 0 aliphatic carbocycles. The van der Waals surface area contributed by atoms with Gasteiger partial charge in [0.1, 0.15) is 0 Å². The number of likely N-dealkylation sites (tertiary alicyclic amines) is 3. The molecule has 0 aromatic heterocycles. The number of carbonyl (C=O) groups excluding carboxylic acids is 3. The maximum Gasteiger partial charge on any atom is 0.652 e. The van der Waals surface area contributed by atoms with Crippen LogP contribution in [0.3, 0.4) is 0 Å². The lowest BCUT2D eigenvalue weighted by atomic mass is 10.2. The maximum atomic E-state index is 14.4. The van der Waals surface area contributed by atoms with Crippen LogP contribution >= 0.6 is 0 Å². The van der Waals surface area contributed by atoms with Crippen molar-refractivity contribution in [1.29, 1.82) is 0 Å². The van der Waals surface area contributed by atoms with E-state index in [2.05, 4.69) is 14.0 Å². The van der Waals surface area contributed by atoms with Crippen molar-refractivity contribution in [3.8, 4) is 0 Å². The second-order valence-electron chi connectivity index (χ2n) is 8.41. The van der Waals surface area contributed by atoms with Crippen LogP contribution in [0, 0.1) is 0 Å². The van der Waals surface area contributed by atoms with Crippen molar-refractivity contribution in [2.45, 2.75) is 75.7 Å². The third-order valence-electron chi connectivity index (χ3n) is 5.74. The van der Waals surface area contributed by atoms with Gasteiger partial charge in [0.2, 0.25) is 17.7 Å². The van der Waals surface area contributed by atoms with Crippen molar-refractivity contribution in [3.63, 3.8) is 0 Å². The Morgan fingerprint density at radius 2 is 0.811 bits per heavy atom. The molecule has 0 bridgehead atoms. The fourth-order valence-corrected chi connectivity index (χ4v) is 3.90. The van der Waals surface area contributed by atoms with E-state index in [1.54, 1.807) is 0 Å². The van der Waals surface area contributed by atoms with E-state index >= 15 is 0 Å². The van der Waals surface area contributed by atoms with Gasteiger partial charge in [0.15, 0.2) is 0 Å². The molecule has 0 saturated carbocycles.